The zero-order valence-electron chi connectivity index (χ0n) is 41.3. The summed E-state index contributed by atoms with van der Waals surface area (Å²) in [6.07, 6.45) is 9.42. The molecule has 6 heterocycles. The average molecular weight is 1030 g/mol. The van der Waals surface area contributed by atoms with Gasteiger partial charge in [0, 0.05) is 83.0 Å². The highest BCUT2D eigenvalue weighted by molar-refractivity contribution is 5.83. The number of amides is 2. The predicted octanol–water partition coefficient (Wildman–Crippen LogP) is -2.44. The molecule has 5 aromatic rings. The molecule has 4 aromatic heterocycles. The summed E-state index contributed by atoms with van der Waals surface area (Å²) in [6.45, 7) is 9.22. The van der Waals surface area contributed by atoms with E-state index >= 15 is 0 Å². The number of aliphatic carboxylic acids is 1. The van der Waals surface area contributed by atoms with Gasteiger partial charge in [-0.05, 0) is 29.9 Å². The fraction of sp³-hybridized carbons (Fsp3) is 0.574. The first-order valence-electron chi connectivity index (χ1n) is 24.4. The SMILES string of the molecule is C#CCOCCOCCOCCNc1nc(N2CCN(C(=O)[C@H](CCC(=O)O)n3cc(C(N)CO)nn3)CC2)nc(N2CCN(C(=O)[C@H](Cc3cc4ccccc4[nH]3)n3cc(C(N)[C@H](C)CC)nn3)CC2)n1.[Cl-]. The van der Waals surface area contributed by atoms with Crippen molar-refractivity contribution in [1.82, 2.24) is 59.7 Å². The number of piperazine rings is 2. The largest absolute Gasteiger partial charge is 1.00 e. The minimum atomic E-state index is -1.05. The van der Waals surface area contributed by atoms with Crippen LogP contribution in [0.1, 0.15) is 74.4 Å². The Morgan fingerprint density at radius 1 is 0.822 bits per heavy atom. The van der Waals surface area contributed by atoms with E-state index in [2.05, 4.69) is 56.8 Å². The Kier molecular flexibility index (Phi) is 21.0. The van der Waals surface area contributed by atoms with Crippen LogP contribution < -0.4 is 39.0 Å². The molecule has 2 fully saturated rings. The Morgan fingerprint density at radius 2 is 1.40 bits per heavy atom. The van der Waals surface area contributed by atoms with Crippen molar-refractivity contribution in [2.45, 2.75) is 63.7 Å². The zero-order chi connectivity index (χ0) is 51.0. The number of terminal acetylenes is 1. The first kappa shape index (κ1) is 55.8. The number of ether oxygens (including phenoxy) is 3. The zero-order valence-corrected chi connectivity index (χ0v) is 42.1. The summed E-state index contributed by atoms with van der Waals surface area (Å²) in [7, 11) is 0. The van der Waals surface area contributed by atoms with E-state index in [-0.39, 0.29) is 81.0 Å². The normalized spacial score (nSPS) is 16.1. The standard InChI is InChI=1S/C47H67N17O8.ClH/c1-4-21-70-23-25-72-26-24-71-22-12-50-45-52-46(61-17-13-59(14-18-61)43(68)39(10-11-41(66)67)63-29-37(55-57-63)35(48)31-65)54-47(53-45)62-19-15-60(16-20-62)44(69)40(28-34-27-33-8-6-7-9-36(33)51-34)64-30-38(56-58-64)42(49)32(3)5-2;/h1,6-9,27,29-30,32,35,39-40,42,51,65H,5,10-26,28,31,48-49H2,2-3H3,(H,66,67)(H,50,52,53,54);1H/p-1/t32-,35?,39+,40+,42?;/m1./s1. The van der Waals surface area contributed by atoms with E-state index in [4.69, 9.17) is 47.1 Å². The summed E-state index contributed by atoms with van der Waals surface area (Å²) in [6, 6.07) is 7.29. The number of fused-ring (bicyclic) bond motifs is 1. The molecule has 2 saturated heterocycles. The number of aromatic nitrogens is 10. The van der Waals surface area contributed by atoms with Crippen LogP contribution in [0.4, 0.5) is 17.8 Å². The molecule has 73 heavy (non-hydrogen) atoms. The maximum absolute atomic E-state index is 14.6. The first-order valence-corrected chi connectivity index (χ1v) is 24.4. The van der Waals surface area contributed by atoms with Gasteiger partial charge in [-0.25, -0.2) is 9.36 Å². The number of carbonyl (C=O) groups is 3. The summed E-state index contributed by atoms with van der Waals surface area (Å²) >= 11 is 0. The number of rotatable bonds is 27. The van der Waals surface area contributed by atoms with E-state index in [1.807, 2.05) is 39.0 Å². The van der Waals surface area contributed by atoms with Gasteiger partial charge in [-0.15, -0.1) is 16.6 Å². The van der Waals surface area contributed by atoms with Crippen LogP contribution in [-0.4, -0.2) is 193 Å². The minimum absolute atomic E-state index is 0. The van der Waals surface area contributed by atoms with Crippen LogP contribution in [0.5, 0.6) is 0 Å². The molecule has 396 valence electrons. The van der Waals surface area contributed by atoms with Gasteiger partial charge in [0.2, 0.25) is 29.7 Å². The summed E-state index contributed by atoms with van der Waals surface area (Å²) < 4.78 is 19.5. The molecule has 1 aromatic carbocycles. The molecular formula is C47H67ClN17O8-. The third-order valence-corrected chi connectivity index (χ3v) is 12.9. The van der Waals surface area contributed by atoms with Crippen molar-refractivity contribution in [2.24, 2.45) is 17.4 Å². The van der Waals surface area contributed by atoms with Crippen molar-refractivity contribution >= 4 is 46.5 Å². The number of benzene rings is 1. The van der Waals surface area contributed by atoms with Gasteiger partial charge in [0.15, 0.2) is 0 Å². The van der Waals surface area contributed by atoms with Crippen LogP contribution in [-0.2, 0) is 35.0 Å². The van der Waals surface area contributed by atoms with Crippen LogP contribution in [0, 0.1) is 18.3 Å². The molecule has 0 spiro atoms. The van der Waals surface area contributed by atoms with Crippen LogP contribution in [0.2, 0.25) is 0 Å². The lowest BCUT2D eigenvalue weighted by Gasteiger charge is -2.38. The van der Waals surface area contributed by atoms with Crippen LogP contribution in [0.3, 0.4) is 0 Å². The highest BCUT2D eigenvalue weighted by Gasteiger charge is 2.34. The van der Waals surface area contributed by atoms with E-state index < -0.39 is 24.1 Å². The van der Waals surface area contributed by atoms with E-state index in [1.165, 1.54) is 10.9 Å². The number of carboxylic acids is 1. The molecule has 0 radical (unpaired) electrons. The topological polar surface area (TPSA) is 312 Å². The molecule has 0 aliphatic carbocycles. The molecule has 0 bridgehead atoms. The van der Waals surface area contributed by atoms with E-state index in [0.717, 1.165) is 23.0 Å². The molecule has 2 amide bonds. The smallest absolute Gasteiger partial charge is 0.303 e. The van der Waals surface area contributed by atoms with Gasteiger partial charge >= 0.3 is 5.97 Å². The Balaban J connectivity index is 0.00000869. The molecular weight excluding hydrogens is 966 g/mol. The Bertz CT molecular complexity index is 2540. The number of anilines is 3. The maximum Gasteiger partial charge on any atom is 0.303 e. The van der Waals surface area contributed by atoms with E-state index in [9.17, 15) is 24.6 Å². The van der Waals surface area contributed by atoms with Crippen molar-refractivity contribution in [3.05, 3.63) is 59.8 Å². The highest BCUT2D eigenvalue weighted by Crippen LogP contribution is 2.27. The van der Waals surface area contributed by atoms with Gasteiger partial charge in [-0.3, -0.25) is 14.4 Å². The molecule has 5 atom stereocenters. The summed E-state index contributed by atoms with van der Waals surface area (Å²) in [5.74, 6) is 2.26. The number of nitrogens with zero attached hydrogens (tertiary/aromatic N) is 13. The second-order valence-electron chi connectivity index (χ2n) is 17.8. The van der Waals surface area contributed by atoms with Crippen molar-refractivity contribution in [3.63, 3.8) is 0 Å². The predicted molar refractivity (Wildman–Crippen MR) is 265 cm³/mol. The van der Waals surface area contributed by atoms with Crippen molar-refractivity contribution in [1.29, 1.82) is 0 Å². The number of carbonyl (C=O) groups excluding carboxylic acids is 2. The number of aliphatic hydroxyl groups is 1. The number of hydrogen-bond acceptors (Lipinski definition) is 19. The summed E-state index contributed by atoms with van der Waals surface area (Å²) in [4.78, 5) is 65.7. The molecule has 2 unspecified atom stereocenters. The fourth-order valence-corrected chi connectivity index (χ4v) is 8.42. The molecule has 2 aliphatic heterocycles. The van der Waals surface area contributed by atoms with E-state index in [0.29, 0.717) is 109 Å². The number of para-hydroxylation sites is 1. The fourth-order valence-electron chi connectivity index (χ4n) is 8.42. The average Bonchev–Trinajstić information content (AvgIpc) is 4.20. The molecule has 8 N–H and O–H groups in total. The van der Waals surface area contributed by atoms with Crippen LogP contribution in [0.25, 0.3) is 10.9 Å². The third kappa shape index (κ3) is 15.0. The molecule has 0 saturated carbocycles. The quantitative estimate of drug-likeness (QED) is 0.0235. The van der Waals surface area contributed by atoms with Crippen molar-refractivity contribution in [3.8, 4) is 12.3 Å². The van der Waals surface area contributed by atoms with Crippen molar-refractivity contribution < 1.29 is 51.2 Å². The lowest BCUT2D eigenvalue weighted by Crippen LogP contribution is -3.00. The van der Waals surface area contributed by atoms with Gasteiger partial charge in [0.1, 0.15) is 24.4 Å². The second kappa shape index (κ2) is 27.5. The van der Waals surface area contributed by atoms with Crippen LogP contribution in [0.15, 0.2) is 42.7 Å². The van der Waals surface area contributed by atoms with Gasteiger partial charge in [0.25, 0.3) is 0 Å². The third-order valence-electron chi connectivity index (χ3n) is 12.9. The number of nitrogens with two attached hydrogens (primary N) is 2. The number of carboxylic acid groups (broad SMARTS) is 1. The maximum atomic E-state index is 14.6. The first-order chi connectivity index (χ1) is 35.0. The number of aliphatic hydroxyl groups excluding tert-OH is 1. The Hall–Kier alpha value is -6.53. The number of hydrogen-bond donors (Lipinski definition) is 6. The second-order valence-corrected chi connectivity index (χ2v) is 17.8. The number of H-pyrrole nitrogens is 1. The monoisotopic (exact) mass is 1030 g/mol. The summed E-state index contributed by atoms with van der Waals surface area (Å²) in [5.41, 5.74) is 15.3. The lowest BCUT2D eigenvalue weighted by atomic mass is 9.98. The highest BCUT2D eigenvalue weighted by atomic mass is 35.5. The Labute approximate surface area is 429 Å². The van der Waals surface area contributed by atoms with Gasteiger partial charge in [-0.2, -0.15) is 15.0 Å². The lowest BCUT2D eigenvalue weighted by molar-refractivity contribution is -0.139. The van der Waals surface area contributed by atoms with Gasteiger partial charge in [-0.1, -0.05) is 54.8 Å². The molecule has 26 heteroatoms. The van der Waals surface area contributed by atoms with Gasteiger partial charge < -0.3 is 78.2 Å². The number of aromatic amines is 1. The molecule has 7 rings (SSSR count). The van der Waals surface area contributed by atoms with E-state index in [1.54, 1.807) is 15.8 Å². The minimum Gasteiger partial charge on any atom is -1.00 e. The number of halogens is 1. The Morgan fingerprint density at radius 3 is 2.00 bits per heavy atom. The van der Waals surface area contributed by atoms with Crippen LogP contribution >= 0.6 is 0 Å². The molecule has 2 aliphatic rings. The van der Waals surface area contributed by atoms with Gasteiger partial charge in [0.05, 0.1) is 69.8 Å². The molecule has 25 nitrogen and oxygen atoms in total. The summed E-state index contributed by atoms with van der Waals surface area (Å²) in [5, 5.41) is 40.3. The number of nitrogens with one attached hydrogen (secondary N) is 2. The van der Waals surface area contributed by atoms with Crippen molar-refractivity contribution in [2.75, 3.05) is 120 Å².